The third-order valence-electron chi connectivity index (χ3n) is 3.34. The Kier molecular flexibility index (Phi) is 4.53. The Morgan fingerprint density at radius 3 is 2.77 bits per heavy atom. The highest BCUT2D eigenvalue weighted by molar-refractivity contribution is 8.00. The summed E-state index contributed by atoms with van der Waals surface area (Å²) >= 11 is 1.42. The summed E-state index contributed by atoms with van der Waals surface area (Å²) in [6, 6.07) is 8.20. The van der Waals surface area contributed by atoms with E-state index in [1.807, 2.05) is 0 Å². The van der Waals surface area contributed by atoms with Gasteiger partial charge >= 0.3 is 0 Å². The van der Waals surface area contributed by atoms with E-state index in [1.54, 1.807) is 29.3 Å². The SMILES string of the molecule is O=C(CSc1ccc(F)cc1)N1CC(Nc2ccncn2)C1. The summed E-state index contributed by atoms with van der Waals surface area (Å²) in [7, 11) is 0. The van der Waals surface area contributed by atoms with E-state index in [9.17, 15) is 9.18 Å². The molecule has 0 unspecified atom stereocenters. The van der Waals surface area contributed by atoms with Gasteiger partial charge < -0.3 is 10.2 Å². The van der Waals surface area contributed by atoms with Crippen LogP contribution in [0, 0.1) is 5.82 Å². The molecule has 1 aromatic carbocycles. The van der Waals surface area contributed by atoms with Crippen LogP contribution in [0.15, 0.2) is 47.8 Å². The van der Waals surface area contributed by atoms with Gasteiger partial charge in [-0.2, -0.15) is 0 Å². The largest absolute Gasteiger partial charge is 0.364 e. The molecule has 1 saturated heterocycles. The van der Waals surface area contributed by atoms with Crippen molar-refractivity contribution in [1.82, 2.24) is 14.9 Å². The number of benzene rings is 1. The smallest absolute Gasteiger partial charge is 0.233 e. The van der Waals surface area contributed by atoms with Gasteiger partial charge in [-0.1, -0.05) is 0 Å². The predicted octanol–water partition coefficient (Wildman–Crippen LogP) is 2.03. The second-order valence-corrected chi connectivity index (χ2v) is 6.03. The molecular formula is C15H15FN4OS. The minimum Gasteiger partial charge on any atom is -0.364 e. The number of likely N-dealkylation sites (tertiary alicyclic amines) is 1. The average molecular weight is 318 g/mol. The monoisotopic (exact) mass is 318 g/mol. The lowest BCUT2D eigenvalue weighted by molar-refractivity contribution is -0.132. The molecule has 1 amide bonds. The number of aromatic nitrogens is 2. The summed E-state index contributed by atoms with van der Waals surface area (Å²) in [5, 5.41) is 3.25. The number of amides is 1. The molecule has 0 aliphatic carbocycles. The number of hydrogen-bond donors (Lipinski definition) is 1. The van der Waals surface area contributed by atoms with Gasteiger partial charge in [0.15, 0.2) is 0 Å². The zero-order chi connectivity index (χ0) is 15.4. The number of anilines is 1. The fourth-order valence-electron chi connectivity index (χ4n) is 2.13. The first-order valence-corrected chi connectivity index (χ1v) is 7.88. The van der Waals surface area contributed by atoms with Gasteiger partial charge in [-0.3, -0.25) is 4.79 Å². The molecule has 114 valence electrons. The molecule has 0 saturated carbocycles. The van der Waals surface area contributed by atoms with Crippen molar-refractivity contribution in [1.29, 1.82) is 0 Å². The molecule has 0 radical (unpaired) electrons. The van der Waals surface area contributed by atoms with Gasteiger partial charge in [-0.15, -0.1) is 11.8 Å². The molecule has 2 aromatic rings. The van der Waals surface area contributed by atoms with E-state index in [1.165, 1.54) is 30.2 Å². The number of nitrogens with zero attached hydrogens (tertiary/aromatic N) is 3. The molecule has 1 aliphatic rings. The Morgan fingerprint density at radius 1 is 1.32 bits per heavy atom. The maximum Gasteiger partial charge on any atom is 0.233 e. The van der Waals surface area contributed by atoms with Gasteiger partial charge in [0, 0.05) is 24.2 Å². The second kappa shape index (κ2) is 6.74. The minimum absolute atomic E-state index is 0.0927. The van der Waals surface area contributed by atoms with Crippen molar-refractivity contribution >= 4 is 23.5 Å². The van der Waals surface area contributed by atoms with E-state index in [4.69, 9.17) is 0 Å². The van der Waals surface area contributed by atoms with Crippen molar-refractivity contribution in [2.75, 3.05) is 24.2 Å². The lowest BCUT2D eigenvalue weighted by Gasteiger charge is -2.39. The summed E-state index contributed by atoms with van der Waals surface area (Å²) < 4.78 is 12.8. The lowest BCUT2D eigenvalue weighted by atomic mass is 10.1. The van der Waals surface area contributed by atoms with E-state index < -0.39 is 0 Å². The van der Waals surface area contributed by atoms with Gasteiger partial charge in [0.1, 0.15) is 18.0 Å². The molecule has 1 aliphatic heterocycles. The second-order valence-electron chi connectivity index (χ2n) is 4.98. The minimum atomic E-state index is -0.267. The number of nitrogens with one attached hydrogen (secondary N) is 1. The number of carbonyl (C=O) groups is 1. The number of thioether (sulfide) groups is 1. The summed E-state index contributed by atoms with van der Waals surface area (Å²) in [6.07, 6.45) is 3.17. The van der Waals surface area contributed by atoms with Crippen molar-refractivity contribution < 1.29 is 9.18 Å². The average Bonchev–Trinajstić information content (AvgIpc) is 2.50. The Hall–Kier alpha value is -2.15. The van der Waals surface area contributed by atoms with Crippen LogP contribution in [0.25, 0.3) is 0 Å². The van der Waals surface area contributed by atoms with Gasteiger partial charge in [-0.25, -0.2) is 14.4 Å². The third-order valence-corrected chi connectivity index (χ3v) is 4.34. The van der Waals surface area contributed by atoms with Crippen LogP contribution in [0.4, 0.5) is 10.2 Å². The zero-order valence-electron chi connectivity index (χ0n) is 11.8. The van der Waals surface area contributed by atoms with Crippen LogP contribution >= 0.6 is 11.8 Å². The Balaban J connectivity index is 1.41. The molecule has 2 heterocycles. The summed E-state index contributed by atoms with van der Waals surface area (Å²) in [4.78, 5) is 22.7. The standard InChI is InChI=1S/C15H15FN4OS/c16-11-1-3-13(4-2-11)22-9-15(21)20-7-12(8-20)19-14-5-6-17-10-18-14/h1-6,10,12H,7-9H2,(H,17,18,19). The number of rotatable bonds is 5. The summed E-state index contributed by atoms with van der Waals surface area (Å²) in [5.74, 6) is 0.964. The summed E-state index contributed by atoms with van der Waals surface area (Å²) in [5.41, 5.74) is 0. The van der Waals surface area contributed by atoms with Crippen LogP contribution in [0.1, 0.15) is 0 Å². The van der Waals surface area contributed by atoms with Crippen molar-refractivity contribution in [3.05, 3.63) is 48.7 Å². The maximum absolute atomic E-state index is 12.8. The van der Waals surface area contributed by atoms with E-state index in [0.717, 1.165) is 10.7 Å². The van der Waals surface area contributed by atoms with Crippen molar-refractivity contribution in [3.8, 4) is 0 Å². The lowest BCUT2D eigenvalue weighted by Crippen LogP contribution is -2.57. The van der Waals surface area contributed by atoms with Gasteiger partial charge in [0.05, 0.1) is 11.8 Å². The van der Waals surface area contributed by atoms with E-state index >= 15 is 0 Å². The van der Waals surface area contributed by atoms with E-state index in [0.29, 0.717) is 18.8 Å². The maximum atomic E-state index is 12.8. The fourth-order valence-corrected chi connectivity index (χ4v) is 2.93. The number of carbonyl (C=O) groups excluding carboxylic acids is 1. The first-order chi connectivity index (χ1) is 10.7. The van der Waals surface area contributed by atoms with Crippen LogP contribution in [-0.2, 0) is 4.79 Å². The molecule has 1 aromatic heterocycles. The van der Waals surface area contributed by atoms with Gasteiger partial charge in [-0.05, 0) is 30.3 Å². The molecule has 0 atom stereocenters. The van der Waals surface area contributed by atoms with Crippen molar-refractivity contribution in [2.45, 2.75) is 10.9 Å². The highest BCUT2D eigenvalue weighted by Gasteiger charge is 2.30. The number of halogens is 1. The normalized spacial score (nSPS) is 14.5. The Bertz CT molecular complexity index is 632. The predicted molar refractivity (Wildman–Crippen MR) is 83.1 cm³/mol. The van der Waals surface area contributed by atoms with Crippen LogP contribution in [-0.4, -0.2) is 45.7 Å². The number of hydrogen-bond acceptors (Lipinski definition) is 5. The van der Waals surface area contributed by atoms with Crippen LogP contribution in [0.3, 0.4) is 0 Å². The van der Waals surface area contributed by atoms with Crippen LogP contribution in [0.5, 0.6) is 0 Å². The molecule has 1 N–H and O–H groups in total. The topological polar surface area (TPSA) is 58.1 Å². The molecule has 3 rings (SSSR count). The van der Waals surface area contributed by atoms with Crippen molar-refractivity contribution in [3.63, 3.8) is 0 Å². The highest BCUT2D eigenvalue weighted by atomic mass is 32.2. The Labute approximate surface area is 132 Å². The Morgan fingerprint density at radius 2 is 2.09 bits per heavy atom. The molecule has 0 spiro atoms. The molecule has 7 heteroatoms. The molecule has 22 heavy (non-hydrogen) atoms. The quantitative estimate of drug-likeness (QED) is 0.855. The molecule has 0 bridgehead atoms. The highest BCUT2D eigenvalue weighted by Crippen LogP contribution is 2.20. The third kappa shape index (κ3) is 3.73. The van der Waals surface area contributed by atoms with Gasteiger partial charge in [0.25, 0.3) is 0 Å². The first kappa shape index (κ1) is 14.8. The molecule has 1 fully saturated rings. The van der Waals surface area contributed by atoms with E-state index in [2.05, 4.69) is 15.3 Å². The molecule has 5 nitrogen and oxygen atoms in total. The molecular weight excluding hydrogens is 303 g/mol. The van der Waals surface area contributed by atoms with E-state index in [-0.39, 0.29) is 17.8 Å². The van der Waals surface area contributed by atoms with Crippen LogP contribution in [0.2, 0.25) is 0 Å². The van der Waals surface area contributed by atoms with Crippen molar-refractivity contribution in [2.24, 2.45) is 0 Å². The fraction of sp³-hybridized carbons (Fsp3) is 0.267. The van der Waals surface area contributed by atoms with Crippen LogP contribution < -0.4 is 5.32 Å². The zero-order valence-corrected chi connectivity index (χ0v) is 12.6. The first-order valence-electron chi connectivity index (χ1n) is 6.89. The van der Waals surface area contributed by atoms with Gasteiger partial charge in [0.2, 0.25) is 5.91 Å². The summed E-state index contributed by atoms with van der Waals surface area (Å²) in [6.45, 7) is 1.35.